The zero-order valence-electron chi connectivity index (χ0n) is 20.1. The van der Waals surface area contributed by atoms with Gasteiger partial charge in [0.1, 0.15) is 6.10 Å². The fourth-order valence-electron chi connectivity index (χ4n) is 2.58. The van der Waals surface area contributed by atoms with Gasteiger partial charge in [-0.05, 0) is 56.0 Å². The maximum absolute atomic E-state index is 13.2. The van der Waals surface area contributed by atoms with Crippen molar-refractivity contribution < 1.29 is 18.4 Å². The third-order valence-corrected chi connectivity index (χ3v) is 15.6. The average Bonchev–Trinajstić information content (AvgIpc) is 2.48. The van der Waals surface area contributed by atoms with Gasteiger partial charge in [-0.1, -0.05) is 53.7 Å². The number of hydrogen-bond donors (Lipinski definition) is 0. The zero-order valence-corrected chi connectivity index (χ0v) is 22.1. The fourth-order valence-corrected chi connectivity index (χ4v) is 5.17. The zero-order chi connectivity index (χ0) is 22.0. The van der Waals surface area contributed by atoms with Gasteiger partial charge < -0.3 is 13.6 Å². The molecule has 1 rings (SSSR count). The average molecular weight is 429 g/mol. The quantitative estimate of drug-likeness (QED) is 0.294. The highest BCUT2D eigenvalue weighted by atomic mass is 28.4. The summed E-state index contributed by atoms with van der Waals surface area (Å²) in [5, 5.41) is 0.0759. The molecule has 0 fully saturated rings. The van der Waals surface area contributed by atoms with E-state index < -0.39 is 22.7 Å². The SMILES string of the molecule is C[C@@H]1C/C=C\CC[C@H](O[Si](C)(C)C(C)(C)C)[C@H](O[Si](C)(C)C(C)(C)C)C(=O)O1. The van der Waals surface area contributed by atoms with E-state index in [-0.39, 0.29) is 28.3 Å². The number of carbonyl (C=O) groups excluding carboxylic acids is 1. The van der Waals surface area contributed by atoms with Crippen LogP contribution >= 0.6 is 0 Å². The first kappa shape index (κ1) is 25.6. The maximum Gasteiger partial charge on any atom is 0.337 e. The molecule has 0 amide bonds. The van der Waals surface area contributed by atoms with E-state index >= 15 is 0 Å². The van der Waals surface area contributed by atoms with E-state index in [1.807, 2.05) is 6.92 Å². The Bertz CT molecular complexity index is 556. The van der Waals surface area contributed by atoms with Crippen LogP contribution in [0.3, 0.4) is 0 Å². The molecule has 0 saturated carbocycles. The predicted octanol–water partition coefficient (Wildman–Crippen LogP) is 6.44. The third kappa shape index (κ3) is 6.82. The summed E-state index contributed by atoms with van der Waals surface area (Å²) in [5.74, 6) is -0.267. The van der Waals surface area contributed by atoms with E-state index in [0.717, 1.165) is 19.3 Å². The van der Waals surface area contributed by atoms with Crippen molar-refractivity contribution in [2.75, 3.05) is 0 Å². The molecular weight excluding hydrogens is 384 g/mol. The van der Waals surface area contributed by atoms with E-state index in [9.17, 15) is 4.79 Å². The summed E-state index contributed by atoms with van der Waals surface area (Å²) in [6.45, 7) is 24.0. The summed E-state index contributed by atoms with van der Waals surface area (Å²) < 4.78 is 19.2. The van der Waals surface area contributed by atoms with E-state index in [0.29, 0.717) is 0 Å². The number of rotatable bonds is 4. The van der Waals surface area contributed by atoms with Gasteiger partial charge in [0, 0.05) is 6.42 Å². The standard InChI is InChI=1S/C22H44O4Si2/c1-17-15-13-12-14-16-18(25-27(8,9)21(2,3)4)19(20(23)24-17)26-28(10,11)22(5,6)7/h12-13,17-19H,14-16H2,1-11H3/b13-12-/t17-,18+,19+/m1/s1. The minimum absolute atomic E-state index is 0.00956. The molecule has 0 N–H and O–H groups in total. The Hall–Kier alpha value is -0.436. The van der Waals surface area contributed by atoms with Crippen LogP contribution in [-0.2, 0) is 18.4 Å². The van der Waals surface area contributed by atoms with Crippen molar-refractivity contribution >= 4 is 22.6 Å². The summed E-state index contributed by atoms with van der Waals surface area (Å²) in [6, 6.07) is 0. The second-order valence-corrected chi connectivity index (χ2v) is 20.8. The number of ether oxygens (including phenoxy) is 1. The Morgan fingerprint density at radius 1 is 0.929 bits per heavy atom. The van der Waals surface area contributed by atoms with Gasteiger partial charge in [0.05, 0.1) is 6.10 Å². The van der Waals surface area contributed by atoms with Crippen LogP contribution in [0.5, 0.6) is 0 Å². The molecule has 0 bridgehead atoms. The second kappa shape index (κ2) is 9.15. The lowest BCUT2D eigenvalue weighted by molar-refractivity contribution is -0.162. The highest BCUT2D eigenvalue weighted by Crippen LogP contribution is 2.41. The summed E-state index contributed by atoms with van der Waals surface area (Å²) in [5.41, 5.74) is 0. The van der Waals surface area contributed by atoms with Gasteiger partial charge in [0.25, 0.3) is 0 Å². The van der Waals surface area contributed by atoms with E-state index in [1.165, 1.54) is 0 Å². The number of carbonyl (C=O) groups is 1. The first-order chi connectivity index (χ1) is 12.5. The molecule has 28 heavy (non-hydrogen) atoms. The molecule has 1 heterocycles. The lowest BCUT2D eigenvalue weighted by Gasteiger charge is -2.44. The lowest BCUT2D eigenvalue weighted by atomic mass is 10.1. The van der Waals surface area contributed by atoms with Gasteiger partial charge in [0.15, 0.2) is 22.7 Å². The van der Waals surface area contributed by atoms with Crippen molar-refractivity contribution in [3.63, 3.8) is 0 Å². The van der Waals surface area contributed by atoms with Crippen LogP contribution in [0.25, 0.3) is 0 Å². The topological polar surface area (TPSA) is 44.8 Å². The molecule has 0 aromatic carbocycles. The first-order valence-corrected chi connectivity index (χ1v) is 16.5. The molecule has 6 heteroatoms. The minimum Gasteiger partial charge on any atom is -0.460 e. The molecule has 0 aromatic heterocycles. The molecular formula is C22H44O4Si2. The fraction of sp³-hybridized carbons (Fsp3) is 0.864. The molecule has 4 nitrogen and oxygen atoms in total. The van der Waals surface area contributed by atoms with Crippen LogP contribution < -0.4 is 0 Å². The Labute approximate surface area is 175 Å². The third-order valence-electron chi connectivity index (χ3n) is 6.62. The molecule has 0 unspecified atom stereocenters. The van der Waals surface area contributed by atoms with Crippen LogP contribution in [0.1, 0.15) is 67.7 Å². The summed E-state index contributed by atoms with van der Waals surface area (Å²) in [4.78, 5) is 13.2. The lowest BCUT2D eigenvalue weighted by Crippen LogP contribution is -2.55. The van der Waals surface area contributed by atoms with E-state index in [2.05, 4.69) is 79.9 Å². The molecule has 1 aliphatic heterocycles. The van der Waals surface area contributed by atoms with Crippen molar-refractivity contribution in [3.8, 4) is 0 Å². The highest BCUT2D eigenvalue weighted by Gasteiger charge is 2.47. The van der Waals surface area contributed by atoms with Crippen LogP contribution in [0.15, 0.2) is 12.2 Å². The number of cyclic esters (lactones) is 1. The molecule has 1 aliphatic rings. The summed E-state index contributed by atoms with van der Waals surface area (Å²) >= 11 is 0. The van der Waals surface area contributed by atoms with Crippen molar-refractivity contribution in [2.45, 2.75) is 122 Å². The number of allylic oxidation sites excluding steroid dienone is 1. The largest absolute Gasteiger partial charge is 0.460 e. The monoisotopic (exact) mass is 428 g/mol. The number of esters is 1. The van der Waals surface area contributed by atoms with Gasteiger partial charge in [-0.25, -0.2) is 4.79 Å². The van der Waals surface area contributed by atoms with Crippen LogP contribution in [0.4, 0.5) is 0 Å². The normalized spacial score (nSPS) is 27.2. The molecule has 0 aliphatic carbocycles. The summed E-state index contributed by atoms with van der Waals surface area (Å²) in [6.07, 6.45) is 5.59. The predicted molar refractivity (Wildman–Crippen MR) is 123 cm³/mol. The first-order valence-electron chi connectivity index (χ1n) is 10.7. The Morgan fingerprint density at radius 2 is 1.43 bits per heavy atom. The van der Waals surface area contributed by atoms with Crippen LogP contribution in [0, 0.1) is 0 Å². The molecule has 0 aromatic rings. The van der Waals surface area contributed by atoms with Crippen molar-refractivity contribution in [2.24, 2.45) is 0 Å². The summed E-state index contributed by atoms with van der Waals surface area (Å²) in [7, 11) is -4.24. The van der Waals surface area contributed by atoms with Crippen molar-refractivity contribution in [1.82, 2.24) is 0 Å². The smallest absolute Gasteiger partial charge is 0.337 e. The van der Waals surface area contributed by atoms with E-state index in [1.54, 1.807) is 0 Å². The molecule has 0 radical (unpaired) electrons. The van der Waals surface area contributed by atoms with Gasteiger partial charge in [-0.2, -0.15) is 0 Å². The van der Waals surface area contributed by atoms with Crippen molar-refractivity contribution in [3.05, 3.63) is 12.2 Å². The van der Waals surface area contributed by atoms with Gasteiger partial charge in [0.2, 0.25) is 0 Å². The minimum atomic E-state index is -2.17. The van der Waals surface area contributed by atoms with Crippen molar-refractivity contribution in [1.29, 1.82) is 0 Å². The van der Waals surface area contributed by atoms with Gasteiger partial charge in [-0.15, -0.1) is 0 Å². The Kier molecular flexibility index (Phi) is 8.36. The van der Waals surface area contributed by atoms with E-state index in [4.69, 9.17) is 13.6 Å². The second-order valence-electron chi connectivity index (χ2n) is 11.2. The number of hydrogen-bond acceptors (Lipinski definition) is 4. The highest BCUT2D eigenvalue weighted by molar-refractivity contribution is 6.74. The molecule has 0 spiro atoms. The maximum atomic E-state index is 13.2. The molecule has 3 atom stereocenters. The molecule has 0 saturated heterocycles. The Morgan fingerprint density at radius 3 is 1.93 bits per heavy atom. The van der Waals surface area contributed by atoms with Gasteiger partial charge in [-0.3, -0.25) is 0 Å². The van der Waals surface area contributed by atoms with Gasteiger partial charge >= 0.3 is 5.97 Å². The Balaban J connectivity index is 3.29. The van der Waals surface area contributed by atoms with Crippen LogP contribution in [0.2, 0.25) is 36.3 Å². The van der Waals surface area contributed by atoms with Crippen LogP contribution in [-0.4, -0.2) is 40.9 Å². The molecule has 164 valence electrons.